The van der Waals surface area contributed by atoms with Crippen LogP contribution in [0.1, 0.15) is 18.5 Å². The summed E-state index contributed by atoms with van der Waals surface area (Å²) in [5.74, 6) is 0.904. The highest BCUT2D eigenvalue weighted by molar-refractivity contribution is 5.32. The first kappa shape index (κ1) is 11.4. The van der Waals surface area contributed by atoms with Gasteiger partial charge in [0.25, 0.3) is 0 Å². The normalized spacial score (nSPS) is 19.9. The van der Waals surface area contributed by atoms with E-state index in [4.69, 9.17) is 9.47 Å². The van der Waals surface area contributed by atoms with Gasteiger partial charge in [-0.2, -0.15) is 0 Å². The summed E-state index contributed by atoms with van der Waals surface area (Å²) in [5.41, 5.74) is 1.45. The van der Waals surface area contributed by atoms with E-state index in [1.54, 1.807) is 7.11 Å². The lowest BCUT2D eigenvalue weighted by Gasteiger charge is -2.44. The Balaban J connectivity index is 2.25. The second-order valence-corrected chi connectivity index (χ2v) is 4.65. The van der Waals surface area contributed by atoms with Gasteiger partial charge in [0.05, 0.1) is 20.3 Å². The Kier molecular flexibility index (Phi) is 3.17. The molecule has 1 aromatic carbocycles. The fraction of sp³-hybridized carbons (Fsp3) is 0.538. The van der Waals surface area contributed by atoms with Crippen LogP contribution in [0.4, 0.5) is 0 Å². The molecule has 0 saturated carbocycles. The van der Waals surface area contributed by atoms with E-state index in [9.17, 15) is 0 Å². The average molecular weight is 221 g/mol. The van der Waals surface area contributed by atoms with Gasteiger partial charge in [-0.15, -0.1) is 0 Å². The molecule has 0 bridgehead atoms. The Bertz CT molecular complexity index is 361. The van der Waals surface area contributed by atoms with Gasteiger partial charge in [0, 0.05) is 11.5 Å². The number of benzene rings is 1. The minimum atomic E-state index is 0.196. The second-order valence-electron chi connectivity index (χ2n) is 4.65. The molecule has 1 aromatic rings. The van der Waals surface area contributed by atoms with E-state index in [1.165, 1.54) is 5.56 Å². The van der Waals surface area contributed by atoms with E-state index in [0.29, 0.717) is 6.04 Å². The van der Waals surface area contributed by atoms with Crippen LogP contribution in [-0.2, 0) is 4.74 Å². The van der Waals surface area contributed by atoms with E-state index >= 15 is 0 Å². The SMILES string of the molecule is CNC(c1cccc(OC)c1)C1(C)COC1. The van der Waals surface area contributed by atoms with Crippen molar-refractivity contribution in [3.05, 3.63) is 29.8 Å². The first-order valence-corrected chi connectivity index (χ1v) is 5.58. The molecule has 1 fully saturated rings. The van der Waals surface area contributed by atoms with Crippen molar-refractivity contribution in [3.63, 3.8) is 0 Å². The van der Waals surface area contributed by atoms with Crippen LogP contribution in [0.3, 0.4) is 0 Å². The lowest BCUT2D eigenvalue weighted by atomic mass is 9.77. The molecule has 0 radical (unpaired) electrons. The molecular weight excluding hydrogens is 202 g/mol. The quantitative estimate of drug-likeness (QED) is 0.843. The van der Waals surface area contributed by atoms with Crippen molar-refractivity contribution in [1.29, 1.82) is 0 Å². The van der Waals surface area contributed by atoms with E-state index in [1.807, 2.05) is 19.2 Å². The molecule has 88 valence electrons. The van der Waals surface area contributed by atoms with Gasteiger partial charge in [-0.25, -0.2) is 0 Å². The van der Waals surface area contributed by atoms with Gasteiger partial charge in [-0.3, -0.25) is 0 Å². The fourth-order valence-corrected chi connectivity index (χ4v) is 2.33. The molecule has 1 heterocycles. The molecule has 3 heteroatoms. The fourth-order valence-electron chi connectivity index (χ4n) is 2.33. The second kappa shape index (κ2) is 4.44. The van der Waals surface area contributed by atoms with Gasteiger partial charge in [-0.05, 0) is 24.7 Å². The molecule has 1 atom stereocenters. The van der Waals surface area contributed by atoms with Crippen LogP contribution >= 0.6 is 0 Å². The standard InChI is InChI=1S/C13H19NO2/c1-13(8-16-9-13)12(14-2)10-5-4-6-11(7-10)15-3/h4-7,12,14H,8-9H2,1-3H3. The summed E-state index contributed by atoms with van der Waals surface area (Å²) in [6.45, 7) is 3.88. The molecule has 0 spiro atoms. The van der Waals surface area contributed by atoms with Crippen LogP contribution in [0.25, 0.3) is 0 Å². The van der Waals surface area contributed by atoms with Crippen LogP contribution < -0.4 is 10.1 Å². The molecule has 1 aliphatic rings. The van der Waals surface area contributed by atoms with Gasteiger partial charge in [-0.1, -0.05) is 19.1 Å². The van der Waals surface area contributed by atoms with Crippen LogP contribution in [0, 0.1) is 5.41 Å². The minimum Gasteiger partial charge on any atom is -0.497 e. The first-order chi connectivity index (χ1) is 7.69. The highest BCUT2D eigenvalue weighted by Crippen LogP contribution is 2.40. The predicted molar refractivity (Wildman–Crippen MR) is 63.7 cm³/mol. The van der Waals surface area contributed by atoms with Gasteiger partial charge < -0.3 is 14.8 Å². The highest BCUT2D eigenvalue weighted by Gasteiger charge is 2.41. The van der Waals surface area contributed by atoms with Crippen molar-refractivity contribution >= 4 is 0 Å². The zero-order valence-electron chi connectivity index (χ0n) is 10.1. The van der Waals surface area contributed by atoms with Gasteiger partial charge in [0.2, 0.25) is 0 Å². The van der Waals surface area contributed by atoms with Crippen molar-refractivity contribution in [2.75, 3.05) is 27.4 Å². The number of methoxy groups -OCH3 is 1. The number of rotatable bonds is 4. The maximum Gasteiger partial charge on any atom is 0.119 e. The molecule has 1 aliphatic heterocycles. The van der Waals surface area contributed by atoms with E-state index in [0.717, 1.165) is 19.0 Å². The minimum absolute atomic E-state index is 0.196. The average Bonchev–Trinajstić information content (AvgIpc) is 2.28. The van der Waals surface area contributed by atoms with E-state index in [-0.39, 0.29) is 5.41 Å². The summed E-state index contributed by atoms with van der Waals surface area (Å²) >= 11 is 0. The maximum absolute atomic E-state index is 5.33. The number of hydrogen-bond donors (Lipinski definition) is 1. The third-order valence-electron chi connectivity index (χ3n) is 3.28. The molecule has 0 aliphatic carbocycles. The largest absolute Gasteiger partial charge is 0.497 e. The van der Waals surface area contributed by atoms with Crippen molar-refractivity contribution in [3.8, 4) is 5.75 Å². The lowest BCUT2D eigenvalue weighted by molar-refractivity contribution is -0.121. The van der Waals surface area contributed by atoms with Crippen molar-refractivity contribution in [1.82, 2.24) is 5.32 Å². The first-order valence-electron chi connectivity index (χ1n) is 5.58. The van der Waals surface area contributed by atoms with Crippen molar-refractivity contribution in [2.24, 2.45) is 5.41 Å². The lowest BCUT2D eigenvalue weighted by Crippen LogP contribution is -2.48. The Labute approximate surface area is 96.8 Å². The smallest absolute Gasteiger partial charge is 0.119 e. The van der Waals surface area contributed by atoms with Crippen LogP contribution in [0.5, 0.6) is 5.75 Å². The molecule has 1 N–H and O–H groups in total. The number of hydrogen-bond acceptors (Lipinski definition) is 3. The predicted octanol–water partition coefficient (Wildman–Crippen LogP) is 1.99. The summed E-state index contributed by atoms with van der Waals surface area (Å²) in [7, 11) is 3.69. The Morgan fingerprint density at radius 2 is 2.19 bits per heavy atom. The molecule has 0 amide bonds. The van der Waals surface area contributed by atoms with Crippen molar-refractivity contribution in [2.45, 2.75) is 13.0 Å². The maximum atomic E-state index is 5.33. The van der Waals surface area contributed by atoms with Crippen molar-refractivity contribution < 1.29 is 9.47 Å². The Morgan fingerprint density at radius 1 is 1.44 bits per heavy atom. The van der Waals surface area contributed by atoms with E-state index in [2.05, 4.69) is 24.4 Å². The molecule has 3 nitrogen and oxygen atoms in total. The molecule has 1 unspecified atom stereocenters. The summed E-state index contributed by atoms with van der Waals surface area (Å²) in [6, 6.07) is 8.53. The monoisotopic (exact) mass is 221 g/mol. The van der Waals surface area contributed by atoms with Crippen LogP contribution in [-0.4, -0.2) is 27.4 Å². The molecule has 2 rings (SSSR count). The van der Waals surface area contributed by atoms with Crippen LogP contribution in [0.15, 0.2) is 24.3 Å². The Hall–Kier alpha value is -1.06. The summed E-state index contributed by atoms with van der Waals surface area (Å²) in [5, 5.41) is 3.38. The topological polar surface area (TPSA) is 30.5 Å². The zero-order valence-corrected chi connectivity index (χ0v) is 10.1. The summed E-state index contributed by atoms with van der Waals surface area (Å²) < 4.78 is 10.6. The number of nitrogens with one attached hydrogen (secondary N) is 1. The molecule has 16 heavy (non-hydrogen) atoms. The third-order valence-corrected chi connectivity index (χ3v) is 3.28. The molecule has 0 aromatic heterocycles. The molecular formula is C13H19NO2. The van der Waals surface area contributed by atoms with Crippen LogP contribution in [0.2, 0.25) is 0 Å². The van der Waals surface area contributed by atoms with Gasteiger partial charge in [0.15, 0.2) is 0 Å². The van der Waals surface area contributed by atoms with Gasteiger partial charge >= 0.3 is 0 Å². The summed E-state index contributed by atoms with van der Waals surface area (Å²) in [6.07, 6.45) is 0. The zero-order chi connectivity index (χ0) is 11.6. The molecule has 1 saturated heterocycles. The van der Waals surface area contributed by atoms with Gasteiger partial charge in [0.1, 0.15) is 5.75 Å². The summed E-state index contributed by atoms with van der Waals surface area (Å²) in [4.78, 5) is 0. The Morgan fingerprint density at radius 3 is 2.69 bits per heavy atom. The van der Waals surface area contributed by atoms with E-state index < -0.39 is 0 Å². The highest BCUT2D eigenvalue weighted by atomic mass is 16.5. The number of ether oxygens (including phenoxy) is 2. The third kappa shape index (κ3) is 1.93.